The van der Waals surface area contributed by atoms with Crippen LogP contribution in [0.5, 0.6) is 0 Å². The first kappa shape index (κ1) is 33.1. The van der Waals surface area contributed by atoms with Crippen molar-refractivity contribution >= 4 is 45.9 Å². The summed E-state index contributed by atoms with van der Waals surface area (Å²) < 4.78 is 42.5. The molecule has 2 aliphatic heterocycles. The number of urea groups is 1. The lowest BCUT2D eigenvalue weighted by molar-refractivity contribution is -0.140. The van der Waals surface area contributed by atoms with E-state index >= 15 is 0 Å². The second-order valence-electron chi connectivity index (χ2n) is 11.8. The van der Waals surface area contributed by atoms with Gasteiger partial charge in [-0.05, 0) is 37.7 Å². The zero-order valence-corrected chi connectivity index (χ0v) is 27.2. The number of likely N-dealkylation sites (N-methyl/N-ethyl adjacent to an activating group) is 1. The third kappa shape index (κ3) is 6.49. The van der Waals surface area contributed by atoms with Gasteiger partial charge in [-0.15, -0.1) is 11.3 Å². The summed E-state index contributed by atoms with van der Waals surface area (Å²) in [5.41, 5.74) is 0.195. The number of nitrogens with zero attached hydrogens (tertiary/aromatic N) is 6. The van der Waals surface area contributed by atoms with E-state index in [0.29, 0.717) is 62.5 Å². The first-order valence-corrected chi connectivity index (χ1v) is 16.2. The molecule has 2 N–H and O–H groups in total. The molecule has 0 unspecified atom stereocenters. The summed E-state index contributed by atoms with van der Waals surface area (Å²) in [4.78, 5) is 65.4. The molecule has 4 amide bonds. The Morgan fingerprint density at radius 1 is 1.04 bits per heavy atom. The Bertz CT molecular complexity index is 1960. The molecule has 0 radical (unpaired) electrons. The third-order valence-electron chi connectivity index (χ3n) is 8.53. The highest BCUT2D eigenvalue weighted by Gasteiger charge is 2.34. The molecule has 0 saturated carbocycles. The minimum atomic E-state index is -4.66. The number of carbonyl (C=O) groups is 3. The van der Waals surface area contributed by atoms with Crippen molar-refractivity contribution in [1.82, 2.24) is 34.6 Å². The third-order valence-corrected chi connectivity index (χ3v) is 9.41. The average molecular weight is 683 g/mol. The number of amides is 4. The fourth-order valence-corrected chi connectivity index (χ4v) is 6.85. The Morgan fingerprint density at radius 2 is 1.75 bits per heavy atom. The number of aromatic nitrogens is 3. The number of pyridine rings is 2. The lowest BCUT2D eigenvalue weighted by Gasteiger charge is -2.39. The predicted molar refractivity (Wildman–Crippen MR) is 175 cm³/mol. The molecule has 252 valence electrons. The van der Waals surface area contributed by atoms with Gasteiger partial charge in [0.25, 0.3) is 5.91 Å². The summed E-state index contributed by atoms with van der Waals surface area (Å²) in [6, 6.07) is 6.05. The Labute approximate surface area is 277 Å². The van der Waals surface area contributed by atoms with E-state index in [1.54, 1.807) is 41.1 Å². The van der Waals surface area contributed by atoms with E-state index in [1.807, 2.05) is 11.6 Å². The van der Waals surface area contributed by atoms with E-state index in [1.165, 1.54) is 19.2 Å². The second kappa shape index (κ2) is 13.0. The molecule has 3 aromatic heterocycles. The molecule has 16 heteroatoms. The van der Waals surface area contributed by atoms with Gasteiger partial charge >= 0.3 is 12.2 Å². The molecule has 2 fully saturated rings. The van der Waals surface area contributed by atoms with Gasteiger partial charge in [0, 0.05) is 87.0 Å². The zero-order chi connectivity index (χ0) is 34.3. The lowest BCUT2D eigenvalue weighted by Crippen LogP contribution is -2.51. The highest BCUT2D eigenvalue weighted by atomic mass is 32.1. The van der Waals surface area contributed by atoms with E-state index in [-0.39, 0.29) is 39.3 Å². The average Bonchev–Trinajstić information content (AvgIpc) is 3.55. The number of likely N-dealkylation sites (tertiary alicyclic amines) is 1. The Hall–Kier alpha value is -4.83. The maximum atomic E-state index is 14.1. The van der Waals surface area contributed by atoms with Crippen LogP contribution in [0.4, 0.5) is 23.8 Å². The van der Waals surface area contributed by atoms with Gasteiger partial charge in [0.1, 0.15) is 16.4 Å². The van der Waals surface area contributed by atoms with Crippen LogP contribution in [-0.2, 0) is 11.0 Å². The van der Waals surface area contributed by atoms with Crippen LogP contribution in [0.25, 0.3) is 32.6 Å². The molecule has 0 atom stereocenters. The van der Waals surface area contributed by atoms with Gasteiger partial charge in [-0.2, -0.15) is 13.2 Å². The summed E-state index contributed by atoms with van der Waals surface area (Å²) in [5, 5.41) is 6.38. The van der Waals surface area contributed by atoms with Crippen molar-refractivity contribution in [3.05, 3.63) is 63.5 Å². The van der Waals surface area contributed by atoms with Crippen molar-refractivity contribution in [2.45, 2.75) is 26.1 Å². The highest BCUT2D eigenvalue weighted by molar-refractivity contribution is 7.13. The van der Waals surface area contributed by atoms with Crippen molar-refractivity contribution < 1.29 is 27.6 Å². The number of benzene rings is 1. The molecule has 1 aromatic carbocycles. The van der Waals surface area contributed by atoms with Crippen LogP contribution < -0.4 is 16.1 Å². The van der Waals surface area contributed by atoms with E-state index in [4.69, 9.17) is 0 Å². The standard InChI is InChI=1S/C32H33F3N8O4S/c1-4-36-31(47)39-27-12-21(29-38-26(17-48-29)32(33,34)35)23(13-37-27)19-5-6-25-22(11-19)28(45)24(16-43(25)20-14-40(3)15-20)30(46)42-9-7-41(8-10-42)18(2)44/h5-6,11-13,16-17,20H,4,7-10,14-15H2,1-3H3,(H2,36,37,39,47). The molecule has 4 aromatic rings. The van der Waals surface area contributed by atoms with Crippen LogP contribution in [0.15, 0.2) is 46.8 Å². The van der Waals surface area contributed by atoms with Gasteiger partial charge in [0.15, 0.2) is 5.69 Å². The minimum Gasteiger partial charge on any atom is -0.341 e. The maximum absolute atomic E-state index is 14.1. The molecule has 5 heterocycles. The van der Waals surface area contributed by atoms with Crippen molar-refractivity contribution in [1.29, 1.82) is 0 Å². The van der Waals surface area contributed by atoms with E-state index in [0.717, 1.165) is 16.7 Å². The van der Waals surface area contributed by atoms with E-state index < -0.39 is 29.2 Å². The maximum Gasteiger partial charge on any atom is 0.434 e. The van der Waals surface area contributed by atoms with Crippen molar-refractivity contribution in [2.24, 2.45) is 0 Å². The molecule has 2 saturated heterocycles. The molecule has 0 bridgehead atoms. The van der Waals surface area contributed by atoms with Gasteiger partial charge < -0.3 is 24.6 Å². The first-order chi connectivity index (χ1) is 22.8. The van der Waals surface area contributed by atoms with Crippen LogP contribution in [0.2, 0.25) is 0 Å². The summed E-state index contributed by atoms with van der Waals surface area (Å²) >= 11 is 0.792. The number of alkyl halides is 3. The van der Waals surface area contributed by atoms with Gasteiger partial charge in [0.2, 0.25) is 11.3 Å². The van der Waals surface area contributed by atoms with Crippen molar-refractivity contribution in [3.8, 4) is 21.7 Å². The van der Waals surface area contributed by atoms with Crippen LogP contribution >= 0.6 is 11.3 Å². The summed E-state index contributed by atoms with van der Waals surface area (Å²) in [5.74, 6) is -0.410. The number of piperazine rings is 1. The highest BCUT2D eigenvalue weighted by Crippen LogP contribution is 2.39. The molecular weight excluding hydrogens is 649 g/mol. The zero-order valence-electron chi connectivity index (χ0n) is 26.4. The SMILES string of the molecule is CCNC(=O)Nc1cc(-c2nc(C(F)(F)F)cs2)c(-c2ccc3c(c2)c(=O)c(C(=O)N2CCN(C(C)=O)CC2)cn3C2CN(C)C2)cn1. The van der Waals surface area contributed by atoms with Gasteiger partial charge in [-0.1, -0.05) is 6.07 Å². The van der Waals surface area contributed by atoms with Crippen molar-refractivity contribution in [3.63, 3.8) is 0 Å². The Morgan fingerprint density at radius 3 is 2.38 bits per heavy atom. The molecule has 0 spiro atoms. The first-order valence-electron chi connectivity index (χ1n) is 15.3. The van der Waals surface area contributed by atoms with E-state index in [9.17, 15) is 32.3 Å². The lowest BCUT2D eigenvalue weighted by atomic mass is 9.98. The normalized spacial score (nSPS) is 15.8. The number of hydrogen-bond donors (Lipinski definition) is 2. The number of hydrogen-bond acceptors (Lipinski definition) is 8. The molecule has 2 aliphatic rings. The van der Waals surface area contributed by atoms with Crippen LogP contribution in [0, 0.1) is 0 Å². The van der Waals surface area contributed by atoms with Crippen molar-refractivity contribution in [2.75, 3.05) is 58.2 Å². The summed E-state index contributed by atoms with van der Waals surface area (Å²) in [6.45, 7) is 6.31. The summed E-state index contributed by atoms with van der Waals surface area (Å²) in [7, 11) is 1.97. The van der Waals surface area contributed by atoms with E-state index in [2.05, 4.69) is 25.5 Å². The molecule has 12 nitrogen and oxygen atoms in total. The molecule has 48 heavy (non-hydrogen) atoms. The van der Waals surface area contributed by atoms with Crippen LogP contribution in [-0.4, -0.2) is 99.9 Å². The van der Waals surface area contributed by atoms with Gasteiger partial charge in [-0.25, -0.2) is 14.8 Å². The van der Waals surface area contributed by atoms with Gasteiger partial charge in [-0.3, -0.25) is 19.7 Å². The smallest absolute Gasteiger partial charge is 0.341 e. The Balaban J connectivity index is 1.46. The number of anilines is 1. The number of carbonyl (C=O) groups excluding carboxylic acids is 3. The number of nitrogens with one attached hydrogen (secondary N) is 2. The largest absolute Gasteiger partial charge is 0.434 e. The second-order valence-corrected chi connectivity index (χ2v) is 12.7. The number of halogens is 3. The predicted octanol–water partition coefficient (Wildman–Crippen LogP) is 4.14. The summed E-state index contributed by atoms with van der Waals surface area (Å²) in [6.07, 6.45) is -1.63. The molecule has 6 rings (SSSR count). The molecule has 0 aliphatic carbocycles. The number of thiazole rings is 1. The topological polar surface area (TPSA) is 133 Å². The van der Waals surface area contributed by atoms with Crippen LogP contribution in [0.3, 0.4) is 0 Å². The Kier molecular flexibility index (Phi) is 8.96. The van der Waals surface area contributed by atoms with Gasteiger partial charge in [0.05, 0.1) is 11.6 Å². The monoisotopic (exact) mass is 682 g/mol. The molecular formula is C32H33F3N8O4S. The number of rotatable bonds is 6. The minimum absolute atomic E-state index is 0.0000495. The van der Waals surface area contributed by atoms with Crippen LogP contribution in [0.1, 0.15) is 35.9 Å². The fraction of sp³-hybridized carbons (Fsp3) is 0.375. The fourth-order valence-electron chi connectivity index (χ4n) is 5.99. The number of fused-ring (bicyclic) bond motifs is 1. The quantitative estimate of drug-likeness (QED) is 0.313.